The minimum absolute atomic E-state index is 0.302. The van der Waals surface area contributed by atoms with Crippen LogP contribution in [-0.4, -0.2) is 9.55 Å². The molecule has 1 aliphatic carbocycles. The van der Waals surface area contributed by atoms with Crippen LogP contribution in [0.4, 0.5) is 10.2 Å². The van der Waals surface area contributed by atoms with Gasteiger partial charge < -0.3 is 10.3 Å². The van der Waals surface area contributed by atoms with E-state index in [1.54, 1.807) is 6.07 Å². The Kier molecular flexibility index (Phi) is 4.02. The number of rotatable bonds is 2. The van der Waals surface area contributed by atoms with E-state index in [9.17, 15) is 4.39 Å². The van der Waals surface area contributed by atoms with Gasteiger partial charge in [0.05, 0.1) is 0 Å². The Labute approximate surface area is 132 Å². The minimum Gasteiger partial charge on any atom is -0.383 e. The summed E-state index contributed by atoms with van der Waals surface area (Å²) in [5.74, 6) is 1.67. The molecule has 2 aromatic rings. The largest absolute Gasteiger partial charge is 0.383 e. The Bertz CT molecular complexity index is 660. The fourth-order valence-corrected chi connectivity index (χ4v) is 3.47. The molecule has 0 atom stereocenters. The summed E-state index contributed by atoms with van der Waals surface area (Å²) < 4.78 is 16.8. The van der Waals surface area contributed by atoms with Gasteiger partial charge in [0.2, 0.25) is 0 Å². The number of hydrogen-bond donors (Lipinski definition) is 1. The fourth-order valence-electron chi connectivity index (χ4n) is 3.13. The monoisotopic (exact) mass is 351 g/mol. The number of aromatic nitrogens is 2. The lowest BCUT2D eigenvalue weighted by molar-refractivity contribution is 0.422. The van der Waals surface area contributed by atoms with Gasteiger partial charge in [0.15, 0.2) is 0 Å². The van der Waals surface area contributed by atoms with Gasteiger partial charge >= 0.3 is 0 Å². The Morgan fingerprint density at radius 1 is 1.29 bits per heavy atom. The van der Waals surface area contributed by atoms with Gasteiger partial charge in [-0.25, -0.2) is 9.37 Å². The first-order chi connectivity index (χ1) is 10.1. The predicted octanol–water partition coefficient (Wildman–Crippen LogP) is 4.62. The Morgan fingerprint density at radius 2 is 2.00 bits per heavy atom. The van der Waals surface area contributed by atoms with Gasteiger partial charge in [-0.1, -0.05) is 35.2 Å². The first-order valence-corrected chi connectivity index (χ1v) is 8.14. The number of nitrogen functional groups attached to an aromatic ring is 1. The molecule has 1 heterocycles. The van der Waals surface area contributed by atoms with Crippen molar-refractivity contribution in [2.75, 3.05) is 5.73 Å². The van der Waals surface area contributed by atoms with Crippen LogP contribution >= 0.6 is 15.9 Å². The van der Waals surface area contributed by atoms with Crippen molar-refractivity contribution in [2.45, 2.75) is 38.0 Å². The Balaban J connectivity index is 2.03. The molecule has 1 aliphatic rings. The summed E-state index contributed by atoms with van der Waals surface area (Å²) in [5, 5.41) is 0. The van der Waals surface area contributed by atoms with E-state index in [4.69, 9.17) is 5.73 Å². The average molecular weight is 352 g/mol. The van der Waals surface area contributed by atoms with Crippen LogP contribution in [0.3, 0.4) is 0 Å². The van der Waals surface area contributed by atoms with Crippen LogP contribution in [-0.2, 0) is 7.05 Å². The van der Waals surface area contributed by atoms with Gasteiger partial charge in [-0.05, 0) is 31.0 Å². The standard InChI is InChI=1S/C16H19BrFN3/c1-21-15(19)14(12-8-7-11(17)9-13(12)18)20-16(21)10-5-3-2-4-6-10/h7-10H,2-6,19H2,1H3. The van der Waals surface area contributed by atoms with Crippen molar-refractivity contribution in [3.05, 3.63) is 34.3 Å². The van der Waals surface area contributed by atoms with Gasteiger partial charge in [-0.3, -0.25) is 0 Å². The first kappa shape index (κ1) is 14.6. The highest BCUT2D eigenvalue weighted by molar-refractivity contribution is 9.10. The van der Waals surface area contributed by atoms with Crippen LogP contribution in [0.5, 0.6) is 0 Å². The third kappa shape index (κ3) is 2.71. The van der Waals surface area contributed by atoms with Crippen molar-refractivity contribution >= 4 is 21.7 Å². The third-order valence-corrected chi connectivity index (χ3v) is 4.82. The fraction of sp³-hybridized carbons (Fsp3) is 0.438. The van der Waals surface area contributed by atoms with Crippen molar-refractivity contribution in [3.63, 3.8) is 0 Å². The molecule has 0 unspecified atom stereocenters. The molecule has 21 heavy (non-hydrogen) atoms. The van der Waals surface area contributed by atoms with Crippen molar-refractivity contribution < 1.29 is 4.39 Å². The third-order valence-electron chi connectivity index (χ3n) is 4.33. The zero-order chi connectivity index (χ0) is 15.0. The highest BCUT2D eigenvalue weighted by atomic mass is 79.9. The molecule has 0 radical (unpaired) electrons. The van der Waals surface area contributed by atoms with Crippen LogP contribution in [0.15, 0.2) is 22.7 Å². The SMILES string of the molecule is Cn1c(C2CCCCC2)nc(-c2ccc(Br)cc2F)c1N. The second-order valence-corrected chi connectivity index (χ2v) is 6.64. The number of hydrogen-bond acceptors (Lipinski definition) is 2. The molecule has 3 nitrogen and oxygen atoms in total. The zero-order valence-corrected chi connectivity index (χ0v) is 13.7. The second kappa shape index (κ2) is 5.79. The van der Waals surface area contributed by atoms with Crippen LogP contribution in [0.1, 0.15) is 43.8 Å². The molecule has 3 rings (SSSR count). The molecule has 0 bridgehead atoms. The van der Waals surface area contributed by atoms with Crippen molar-refractivity contribution in [3.8, 4) is 11.3 Å². The lowest BCUT2D eigenvalue weighted by atomic mass is 9.89. The number of anilines is 1. The summed E-state index contributed by atoms with van der Waals surface area (Å²) in [6.45, 7) is 0. The van der Waals surface area contributed by atoms with Crippen molar-refractivity contribution in [2.24, 2.45) is 7.05 Å². The summed E-state index contributed by atoms with van der Waals surface area (Å²) in [4.78, 5) is 4.68. The number of halogens is 2. The maximum absolute atomic E-state index is 14.2. The number of imidazole rings is 1. The molecule has 0 spiro atoms. The van der Waals surface area contributed by atoms with Crippen LogP contribution in [0.2, 0.25) is 0 Å². The molecule has 0 amide bonds. The van der Waals surface area contributed by atoms with Gasteiger partial charge in [0.25, 0.3) is 0 Å². The molecular weight excluding hydrogens is 333 g/mol. The molecule has 1 aromatic heterocycles. The highest BCUT2D eigenvalue weighted by Gasteiger charge is 2.24. The maximum Gasteiger partial charge on any atom is 0.133 e. The number of nitrogens with zero attached hydrogens (tertiary/aromatic N) is 2. The number of nitrogens with two attached hydrogens (primary N) is 1. The molecule has 0 saturated heterocycles. The molecule has 1 saturated carbocycles. The summed E-state index contributed by atoms with van der Waals surface area (Å²) in [6.07, 6.45) is 6.06. The van der Waals surface area contributed by atoms with E-state index >= 15 is 0 Å². The molecule has 112 valence electrons. The Hall–Kier alpha value is -1.36. The normalized spacial score (nSPS) is 16.3. The smallest absolute Gasteiger partial charge is 0.133 e. The summed E-state index contributed by atoms with van der Waals surface area (Å²) in [7, 11) is 1.92. The molecular formula is C16H19BrFN3. The van der Waals surface area contributed by atoms with E-state index in [0.29, 0.717) is 27.5 Å². The lowest BCUT2D eigenvalue weighted by Gasteiger charge is -2.21. The van der Waals surface area contributed by atoms with Crippen molar-refractivity contribution in [1.82, 2.24) is 9.55 Å². The van der Waals surface area contributed by atoms with Crippen LogP contribution < -0.4 is 5.73 Å². The average Bonchev–Trinajstić information content (AvgIpc) is 2.77. The molecule has 2 N–H and O–H groups in total. The maximum atomic E-state index is 14.2. The first-order valence-electron chi connectivity index (χ1n) is 7.35. The summed E-state index contributed by atoms with van der Waals surface area (Å²) in [6, 6.07) is 4.99. The predicted molar refractivity (Wildman–Crippen MR) is 86.5 cm³/mol. The van der Waals surface area contributed by atoms with Gasteiger partial charge in [-0.2, -0.15) is 0 Å². The topological polar surface area (TPSA) is 43.8 Å². The highest BCUT2D eigenvalue weighted by Crippen LogP contribution is 2.36. The second-order valence-electron chi connectivity index (χ2n) is 5.72. The van der Waals surface area contributed by atoms with Crippen LogP contribution in [0.25, 0.3) is 11.3 Å². The molecule has 1 fully saturated rings. The van der Waals surface area contributed by atoms with E-state index in [1.807, 2.05) is 17.7 Å². The van der Waals surface area contributed by atoms with E-state index in [2.05, 4.69) is 20.9 Å². The lowest BCUT2D eigenvalue weighted by Crippen LogP contribution is -2.11. The summed E-state index contributed by atoms with van der Waals surface area (Å²) >= 11 is 3.27. The van der Waals surface area contributed by atoms with E-state index < -0.39 is 0 Å². The molecule has 1 aromatic carbocycles. The minimum atomic E-state index is -0.302. The summed E-state index contributed by atoms with van der Waals surface area (Å²) in [5.41, 5.74) is 7.20. The van der Waals surface area contributed by atoms with Crippen molar-refractivity contribution in [1.29, 1.82) is 0 Å². The van der Waals surface area contributed by atoms with Gasteiger partial charge in [-0.15, -0.1) is 0 Å². The van der Waals surface area contributed by atoms with Gasteiger partial charge in [0.1, 0.15) is 23.2 Å². The van der Waals surface area contributed by atoms with E-state index in [-0.39, 0.29) is 5.82 Å². The van der Waals surface area contributed by atoms with Gasteiger partial charge in [0, 0.05) is 23.0 Å². The Morgan fingerprint density at radius 3 is 2.67 bits per heavy atom. The van der Waals surface area contributed by atoms with Crippen LogP contribution in [0, 0.1) is 5.82 Å². The quantitative estimate of drug-likeness (QED) is 0.857. The number of benzene rings is 1. The van der Waals surface area contributed by atoms with E-state index in [1.165, 1.54) is 25.3 Å². The zero-order valence-electron chi connectivity index (χ0n) is 12.1. The van der Waals surface area contributed by atoms with E-state index in [0.717, 1.165) is 18.7 Å². The molecule has 0 aliphatic heterocycles. The molecule has 5 heteroatoms.